The number of aromatic nitrogens is 1. The fourth-order valence-corrected chi connectivity index (χ4v) is 2.93. The van der Waals surface area contributed by atoms with Crippen molar-refractivity contribution in [3.63, 3.8) is 0 Å². The molecule has 2 atom stereocenters. The summed E-state index contributed by atoms with van der Waals surface area (Å²) in [5.41, 5.74) is 6.81. The van der Waals surface area contributed by atoms with Gasteiger partial charge in [-0.05, 0) is 37.9 Å². The molecule has 3 heteroatoms. The third kappa shape index (κ3) is 2.56. The largest absolute Gasteiger partial charge is 0.488 e. The van der Waals surface area contributed by atoms with E-state index in [-0.39, 0.29) is 6.10 Å². The summed E-state index contributed by atoms with van der Waals surface area (Å²) < 4.78 is 6.23. The lowest BCUT2D eigenvalue weighted by Crippen LogP contribution is -2.35. The minimum absolute atomic E-state index is 0.242. The quantitative estimate of drug-likeness (QED) is 0.917. The minimum Gasteiger partial charge on any atom is -0.488 e. The van der Waals surface area contributed by atoms with Crippen molar-refractivity contribution in [3.8, 4) is 5.75 Å². The molecule has 0 radical (unpaired) electrons. The van der Waals surface area contributed by atoms with Crippen molar-refractivity contribution in [2.45, 2.75) is 31.8 Å². The number of fused-ring (bicyclic) bond motifs is 1. The van der Waals surface area contributed by atoms with E-state index >= 15 is 0 Å². The molecule has 19 heavy (non-hydrogen) atoms. The molecule has 0 saturated heterocycles. The Balaban J connectivity index is 1.88. The van der Waals surface area contributed by atoms with E-state index in [0.29, 0.717) is 12.5 Å². The predicted molar refractivity (Wildman–Crippen MR) is 77.2 cm³/mol. The van der Waals surface area contributed by atoms with E-state index in [1.165, 1.54) is 19.3 Å². The lowest BCUT2D eigenvalue weighted by atomic mass is 9.86. The standard InChI is InChI=1S/C16H20N2O/c17-11-13-5-1-2-8-14(13)19-15-9-3-6-12-7-4-10-18-16(12)15/h3-4,6-7,9-10,13-14H,1-2,5,8,11,17H2. The van der Waals surface area contributed by atoms with Gasteiger partial charge in [-0.1, -0.05) is 24.6 Å². The summed E-state index contributed by atoms with van der Waals surface area (Å²) in [4.78, 5) is 4.44. The monoisotopic (exact) mass is 256 g/mol. The summed E-state index contributed by atoms with van der Waals surface area (Å²) in [6.45, 7) is 0.711. The normalized spacial score (nSPS) is 23.4. The van der Waals surface area contributed by atoms with Crippen LogP contribution in [0.5, 0.6) is 5.75 Å². The molecule has 1 aliphatic carbocycles. The number of para-hydroxylation sites is 1. The second-order valence-electron chi connectivity index (χ2n) is 5.27. The first-order valence-electron chi connectivity index (χ1n) is 7.09. The van der Waals surface area contributed by atoms with Crippen molar-refractivity contribution in [3.05, 3.63) is 36.5 Å². The molecule has 0 bridgehead atoms. The fourth-order valence-electron chi connectivity index (χ4n) is 2.93. The highest BCUT2D eigenvalue weighted by molar-refractivity contribution is 5.84. The zero-order chi connectivity index (χ0) is 13.1. The average molecular weight is 256 g/mol. The molecule has 1 aromatic heterocycles. The second-order valence-corrected chi connectivity index (χ2v) is 5.27. The summed E-state index contributed by atoms with van der Waals surface area (Å²) >= 11 is 0. The van der Waals surface area contributed by atoms with Gasteiger partial charge in [0, 0.05) is 17.5 Å². The third-order valence-corrected chi connectivity index (χ3v) is 4.02. The summed E-state index contributed by atoms with van der Waals surface area (Å²) in [7, 11) is 0. The second kappa shape index (κ2) is 5.57. The number of nitrogens with zero attached hydrogens (tertiary/aromatic N) is 1. The van der Waals surface area contributed by atoms with Gasteiger partial charge in [0.1, 0.15) is 17.4 Å². The van der Waals surface area contributed by atoms with Gasteiger partial charge in [-0.3, -0.25) is 4.98 Å². The molecule has 1 heterocycles. The highest BCUT2D eigenvalue weighted by Crippen LogP contribution is 2.30. The van der Waals surface area contributed by atoms with Crippen LogP contribution in [0.4, 0.5) is 0 Å². The molecule has 1 aromatic carbocycles. The highest BCUT2D eigenvalue weighted by Gasteiger charge is 2.26. The van der Waals surface area contributed by atoms with Crippen LogP contribution in [0.2, 0.25) is 0 Å². The van der Waals surface area contributed by atoms with E-state index in [4.69, 9.17) is 10.5 Å². The van der Waals surface area contributed by atoms with Crippen LogP contribution in [0, 0.1) is 5.92 Å². The Labute approximate surface area is 113 Å². The molecule has 1 fully saturated rings. The predicted octanol–water partition coefficient (Wildman–Crippen LogP) is 3.13. The van der Waals surface area contributed by atoms with Gasteiger partial charge < -0.3 is 10.5 Å². The molecule has 1 aliphatic rings. The molecular weight excluding hydrogens is 236 g/mol. The van der Waals surface area contributed by atoms with E-state index in [1.54, 1.807) is 0 Å². The van der Waals surface area contributed by atoms with Crippen molar-refractivity contribution in [1.82, 2.24) is 4.98 Å². The van der Waals surface area contributed by atoms with Gasteiger partial charge in [0.2, 0.25) is 0 Å². The first-order chi connectivity index (χ1) is 9.38. The van der Waals surface area contributed by atoms with Crippen molar-refractivity contribution in [1.29, 1.82) is 0 Å². The summed E-state index contributed by atoms with van der Waals surface area (Å²) in [6.07, 6.45) is 6.85. The van der Waals surface area contributed by atoms with Gasteiger partial charge in [0.15, 0.2) is 0 Å². The van der Waals surface area contributed by atoms with Gasteiger partial charge in [0.25, 0.3) is 0 Å². The van der Waals surface area contributed by atoms with Gasteiger partial charge in [-0.2, -0.15) is 0 Å². The number of hydrogen-bond acceptors (Lipinski definition) is 3. The third-order valence-electron chi connectivity index (χ3n) is 4.02. The van der Waals surface area contributed by atoms with Gasteiger partial charge in [-0.15, -0.1) is 0 Å². The highest BCUT2D eigenvalue weighted by atomic mass is 16.5. The van der Waals surface area contributed by atoms with E-state index in [2.05, 4.69) is 17.1 Å². The Hall–Kier alpha value is -1.61. The Morgan fingerprint density at radius 2 is 2.00 bits per heavy atom. The Bertz CT molecular complexity index is 550. The Morgan fingerprint density at radius 3 is 2.89 bits per heavy atom. The number of pyridine rings is 1. The average Bonchev–Trinajstić information content (AvgIpc) is 2.48. The number of hydrogen-bond donors (Lipinski definition) is 1. The fraction of sp³-hybridized carbons (Fsp3) is 0.438. The topological polar surface area (TPSA) is 48.1 Å². The smallest absolute Gasteiger partial charge is 0.145 e. The molecule has 2 unspecified atom stereocenters. The van der Waals surface area contributed by atoms with Crippen LogP contribution >= 0.6 is 0 Å². The van der Waals surface area contributed by atoms with Crippen molar-refractivity contribution < 1.29 is 4.74 Å². The zero-order valence-corrected chi connectivity index (χ0v) is 11.1. The maximum atomic E-state index is 6.23. The first-order valence-corrected chi connectivity index (χ1v) is 7.09. The molecule has 3 nitrogen and oxygen atoms in total. The van der Waals surface area contributed by atoms with E-state index in [0.717, 1.165) is 23.1 Å². The Morgan fingerprint density at radius 1 is 1.16 bits per heavy atom. The lowest BCUT2D eigenvalue weighted by molar-refractivity contribution is 0.0984. The van der Waals surface area contributed by atoms with Crippen LogP contribution in [0.1, 0.15) is 25.7 Å². The van der Waals surface area contributed by atoms with Crippen LogP contribution in [0.3, 0.4) is 0 Å². The van der Waals surface area contributed by atoms with Crippen molar-refractivity contribution in [2.75, 3.05) is 6.54 Å². The van der Waals surface area contributed by atoms with Crippen LogP contribution in [0.15, 0.2) is 36.5 Å². The molecule has 0 spiro atoms. The van der Waals surface area contributed by atoms with Crippen molar-refractivity contribution >= 4 is 10.9 Å². The van der Waals surface area contributed by atoms with Crippen molar-refractivity contribution in [2.24, 2.45) is 11.7 Å². The van der Waals surface area contributed by atoms with Gasteiger partial charge in [0.05, 0.1) is 0 Å². The minimum atomic E-state index is 0.242. The van der Waals surface area contributed by atoms with E-state index in [9.17, 15) is 0 Å². The summed E-state index contributed by atoms with van der Waals surface area (Å²) in [6, 6.07) is 10.1. The number of benzene rings is 1. The first kappa shape index (κ1) is 12.4. The maximum Gasteiger partial charge on any atom is 0.145 e. The van der Waals surface area contributed by atoms with E-state index < -0.39 is 0 Å². The van der Waals surface area contributed by atoms with Gasteiger partial charge in [-0.25, -0.2) is 0 Å². The molecule has 1 saturated carbocycles. The zero-order valence-electron chi connectivity index (χ0n) is 11.1. The SMILES string of the molecule is NCC1CCCCC1Oc1cccc2cccnc12. The summed E-state index contributed by atoms with van der Waals surface area (Å²) in [5.74, 6) is 1.37. The van der Waals surface area contributed by atoms with Crippen LogP contribution in [-0.4, -0.2) is 17.6 Å². The maximum absolute atomic E-state index is 6.23. The molecule has 3 rings (SSSR count). The Kier molecular flexibility index (Phi) is 3.65. The number of rotatable bonds is 3. The molecule has 2 aromatic rings. The van der Waals surface area contributed by atoms with Gasteiger partial charge >= 0.3 is 0 Å². The van der Waals surface area contributed by atoms with E-state index in [1.807, 2.05) is 24.4 Å². The van der Waals surface area contributed by atoms with Crippen LogP contribution < -0.4 is 10.5 Å². The molecule has 2 N–H and O–H groups in total. The summed E-state index contributed by atoms with van der Waals surface area (Å²) in [5, 5.41) is 1.13. The van der Waals surface area contributed by atoms with Crippen LogP contribution in [-0.2, 0) is 0 Å². The lowest BCUT2D eigenvalue weighted by Gasteiger charge is -2.31. The molecule has 0 amide bonds. The molecular formula is C16H20N2O. The van der Waals surface area contributed by atoms with Crippen LogP contribution in [0.25, 0.3) is 10.9 Å². The molecule has 100 valence electrons. The number of ether oxygens (including phenoxy) is 1. The molecule has 0 aliphatic heterocycles. The number of nitrogens with two attached hydrogens (primary N) is 1.